The van der Waals surface area contributed by atoms with E-state index in [1.165, 1.54) is 0 Å². The molecule has 0 amide bonds. The predicted molar refractivity (Wildman–Crippen MR) is 124 cm³/mol. The Labute approximate surface area is 178 Å². The summed E-state index contributed by atoms with van der Waals surface area (Å²) in [6.07, 6.45) is 6.21. The predicted octanol–water partition coefficient (Wildman–Crippen LogP) is 5.73. The lowest BCUT2D eigenvalue weighted by Gasteiger charge is -2.40. The van der Waals surface area contributed by atoms with Gasteiger partial charge in [0.2, 0.25) is 0 Å². The molecular weight excluding hydrogens is 380 g/mol. The first-order valence-corrected chi connectivity index (χ1v) is 13.2. The van der Waals surface area contributed by atoms with Crippen molar-refractivity contribution in [2.75, 3.05) is 20.3 Å². The summed E-state index contributed by atoms with van der Waals surface area (Å²) in [6, 6.07) is 7.90. The van der Waals surface area contributed by atoms with Gasteiger partial charge in [-0.3, -0.25) is 0 Å². The molecule has 1 aromatic carbocycles. The summed E-state index contributed by atoms with van der Waals surface area (Å²) in [5.41, 5.74) is 2.08. The van der Waals surface area contributed by atoms with Crippen molar-refractivity contribution in [3.05, 3.63) is 53.6 Å². The molecule has 4 nitrogen and oxygen atoms in total. The van der Waals surface area contributed by atoms with E-state index in [-0.39, 0.29) is 23.7 Å². The van der Waals surface area contributed by atoms with Crippen LogP contribution in [0.3, 0.4) is 0 Å². The van der Waals surface area contributed by atoms with Crippen molar-refractivity contribution >= 4 is 8.32 Å². The first kappa shape index (κ1) is 25.6. The highest BCUT2D eigenvalue weighted by Gasteiger charge is 2.39. The molecular formula is C24H40O4Si. The Morgan fingerprint density at radius 1 is 1.17 bits per heavy atom. The number of aliphatic hydroxyl groups excluding tert-OH is 1. The fraction of sp³-hybridized carbons (Fsp3) is 0.583. The molecule has 0 bridgehead atoms. The van der Waals surface area contributed by atoms with Crippen LogP contribution in [-0.2, 0) is 15.8 Å². The average Bonchev–Trinajstić information content (AvgIpc) is 2.66. The van der Waals surface area contributed by atoms with Crippen LogP contribution in [0.4, 0.5) is 0 Å². The molecule has 0 aliphatic heterocycles. The van der Waals surface area contributed by atoms with Gasteiger partial charge in [-0.25, -0.2) is 0 Å². The van der Waals surface area contributed by atoms with Gasteiger partial charge in [-0.1, -0.05) is 63.6 Å². The molecule has 29 heavy (non-hydrogen) atoms. The van der Waals surface area contributed by atoms with E-state index < -0.39 is 8.32 Å². The van der Waals surface area contributed by atoms with Crippen molar-refractivity contribution in [1.82, 2.24) is 0 Å². The van der Waals surface area contributed by atoms with Gasteiger partial charge in [0.05, 0.1) is 33.0 Å². The molecule has 5 heteroatoms. The van der Waals surface area contributed by atoms with Crippen LogP contribution in [0.25, 0.3) is 0 Å². The quantitative estimate of drug-likeness (QED) is 0.282. The van der Waals surface area contributed by atoms with E-state index in [1.807, 2.05) is 37.3 Å². The average molecular weight is 421 g/mol. The molecule has 2 atom stereocenters. The number of ether oxygens (including phenoxy) is 2. The van der Waals surface area contributed by atoms with Crippen molar-refractivity contribution in [3.63, 3.8) is 0 Å². The first-order valence-electron chi connectivity index (χ1n) is 10.3. The molecule has 1 N–H and O–H groups in total. The Bertz CT molecular complexity index is 656. The zero-order valence-electron chi connectivity index (χ0n) is 19.5. The maximum atomic E-state index is 9.37. The third kappa shape index (κ3) is 8.87. The minimum atomic E-state index is -1.92. The maximum Gasteiger partial charge on any atom is 0.192 e. The van der Waals surface area contributed by atoms with E-state index in [4.69, 9.17) is 13.9 Å². The molecule has 1 rings (SSSR count). The first-order chi connectivity index (χ1) is 13.5. The van der Waals surface area contributed by atoms with Crippen LogP contribution in [0.5, 0.6) is 5.75 Å². The topological polar surface area (TPSA) is 47.9 Å². The van der Waals surface area contributed by atoms with Crippen LogP contribution in [-0.4, -0.2) is 39.9 Å². The van der Waals surface area contributed by atoms with Crippen LogP contribution in [0, 0.1) is 5.92 Å². The number of aliphatic hydroxyl groups is 1. The van der Waals surface area contributed by atoms with Gasteiger partial charge in [-0.05, 0) is 42.8 Å². The smallest absolute Gasteiger partial charge is 0.192 e. The summed E-state index contributed by atoms with van der Waals surface area (Å²) in [4.78, 5) is 0. The van der Waals surface area contributed by atoms with Crippen LogP contribution in [0.2, 0.25) is 18.1 Å². The number of rotatable bonds is 11. The molecule has 0 aliphatic carbocycles. The Balaban J connectivity index is 2.74. The van der Waals surface area contributed by atoms with Gasteiger partial charge >= 0.3 is 0 Å². The second kappa shape index (κ2) is 11.7. The van der Waals surface area contributed by atoms with E-state index in [1.54, 1.807) is 7.11 Å². The van der Waals surface area contributed by atoms with Gasteiger partial charge < -0.3 is 19.0 Å². The third-order valence-electron chi connectivity index (χ3n) is 5.52. The van der Waals surface area contributed by atoms with Gasteiger partial charge in [0.15, 0.2) is 8.32 Å². The van der Waals surface area contributed by atoms with Gasteiger partial charge in [0, 0.05) is 5.92 Å². The normalized spacial score (nSPS) is 15.6. The van der Waals surface area contributed by atoms with E-state index in [9.17, 15) is 5.11 Å². The fourth-order valence-electron chi connectivity index (χ4n) is 2.59. The third-order valence-corrected chi connectivity index (χ3v) is 9.99. The molecule has 164 valence electrons. The standard InChI is InChI=1S/C24H40O4Si/c1-19(17-25)16-20(2)23(28-29(7,8)24(3,4)5)10-9-15-27-18-21-11-13-22(26-6)14-12-21/h9-14,16,20,23,25H,15,17-18H2,1-8H3/b10-9+,19-16+/t20-,23-/m1/s1. The van der Waals surface area contributed by atoms with Gasteiger partial charge in [-0.15, -0.1) is 0 Å². The molecule has 0 saturated heterocycles. The maximum absolute atomic E-state index is 9.37. The number of hydrogen-bond donors (Lipinski definition) is 1. The van der Waals surface area contributed by atoms with Gasteiger partial charge in [-0.2, -0.15) is 0 Å². The summed E-state index contributed by atoms with van der Waals surface area (Å²) in [7, 11) is -0.254. The fourth-order valence-corrected chi connectivity index (χ4v) is 3.92. The highest BCUT2D eigenvalue weighted by Crippen LogP contribution is 2.38. The lowest BCUT2D eigenvalue weighted by atomic mass is 10.0. The Morgan fingerprint density at radius 2 is 1.79 bits per heavy atom. The van der Waals surface area contributed by atoms with Crippen LogP contribution in [0.15, 0.2) is 48.1 Å². The second-order valence-corrected chi connectivity index (χ2v) is 13.9. The van der Waals surface area contributed by atoms with Crippen molar-refractivity contribution < 1.29 is 19.0 Å². The van der Waals surface area contributed by atoms with Crippen LogP contribution in [0.1, 0.15) is 40.2 Å². The molecule has 0 spiro atoms. The molecule has 0 radical (unpaired) electrons. The summed E-state index contributed by atoms with van der Waals surface area (Å²) in [5.74, 6) is 1.02. The summed E-state index contributed by atoms with van der Waals surface area (Å²) in [5, 5.41) is 9.51. The van der Waals surface area contributed by atoms with Crippen molar-refractivity contribution in [1.29, 1.82) is 0 Å². The minimum Gasteiger partial charge on any atom is -0.497 e. The lowest BCUT2D eigenvalue weighted by molar-refractivity contribution is 0.146. The second-order valence-electron chi connectivity index (χ2n) is 9.16. The van der Waals surface area contributed by atoms with Crippen LogP contribution < -0.4 is 4.74 Å². The van der Waals surface area contributed by atoms with E-state index in [2.05, 4.69) is 52.9 Å². The van der Waals surface area contributed by atoms with Crippen molar-refractivity contribution in [2.24, 2.45) is 5.92 Å². The highest BCUT2D eigenvalue weighted by atomic mass is 28.4. The van der Waals surface area contributed by atoms with E-state index in [0.29, 0.717) is 13.2 Å². The zero-order valence-corrected chi connectivity index (χ0v) is 20.5. The zero-order chi connectivity index (χ0) is 22.1. The number of benzene rings is 1. The Hall–Kier alpha value is -1.40. The Morgan fingerprint density at radius 3 is 2.31 bits per heavy atom. The monoisotopic (exact) mass is 420 g/mol. The Kier molecular flexibility index (Phi) is 10.3. The van der Waals surface area contributed by atoms with E-state index in [0.717, 1.165) is 16.9 Å². The van der Waals surface area contributed by atoms with E-state index >= 15 is 0 Å². The molecule has 0 aromatic heterocycles. The number of methoxy groups -OCH3 is 1. The molecule has 0 saturated carbocycles. The highest BCUT2D eigenvalue weighted by molar-refractivity contribution is 6.74. The number of hydrogen-bond acceptors (Lipinski definition) is 4. The van der Waals surface area contributed by atoms with Gasteiger partial charge in [0.1, 0.15) is 5.75 Å². The summed E-state index contributed by atoms with van der Waals surface area (Å²) in [6.45, 7) is 16.5. The minimum absolute atomic E-state index is 0.0398. The molecule has 1 aromatic rings. The lowest BCUT2D eigenvalue weighted by Crippen LogP contribution is -2.44. The molecule has 0 aliphatic rings. The summed E-state index contributed by atoms with van der Waals surface area (Å²) < 4.78 is 17.6. The SMILES string of the molecule is COc1ccc(COC/C=C/[C@@H](O[Si](C)(C)C(C)(C)C)[C@H](C)/C=C(\C)CO)cc1. The molecule has 0 heterocycles. The van der Waals surface area contributed by atoms with Crippen LogP contribution >= 0.6 is 0 Å². The molecule has 0 fully saturated rings. The van der Waals surface area contributed by atoms with Gasteiger partial charge in [0.25, 0.3) is 0 Å². The molecule has 0 unspecified atom stereocenters. The summed E-state index contributed by atoms with van der Waals surface area (Å²) >= 11 is 0. The van der Waals surface area contributed by atoms with Crippen molar-refractivity contribution in [2.45, 2.75) is 65.5 Å². The van der Waals surface area contributed by atoms with Crippen molar-refractivity contribution in [3.8, 4) is 5.75 Å². The largest absolute Gasteiger partial charge is 0.497 e.